The van der Waals surface area contributed by atoms with Gasteiger partial charge in [0.2, 0.25) is 0 Å². The Bertz CT molecular complexity index is 145. The van der Waals surface area contributed by atoms with Crippen LogP contribution in [0, 0.1) is 17.3 Å². The quantitative estimate of drug-likeness (QED) is 0.449. The lowest BCUT2D eigenvalue weighted by atomic mass is 9.74. The average Bonchev–Trinajstić information content (AvgIpc) is 1.88. The van der Waals surface area contributed by atoms with Crippen molar-refractivity contribution in [3.8, 4) is 0 Å². The van der Waals surface area contributed by atoms with E-state index < -0.39 is 0 Å². The van der Waals surface area contributed by atoms with Crippen LogP contribution in [0.25, 0.3) is 0 Å². The first kappa shape index (κ1) is 10.4. The highest BCUT2D eigenvalue weighted by Gasteiger charge is 2.28. The third kappa shape index (κ3) is 2.49. The Hall–Kier alpha value is -0.590. The fourth-order valence-electron chi connectivity index (χ4n) is 1.51. The van der Waals surface area contributed by atoms with E-state index >= 15 is 0 Å². The van der Waals surface area contributed by atoms with E-state index in [0.29, 0.717) is 5.92 Å². The molecule has 0 saturated carbocycles. The Labute approximate surface area is 69.5 Å². The van der Waals surface area contributed by atoms with Crippen molar-refractivity contribution in [3.05, 3.63) is 12.7 Å². The number of rotatable bonds is 4. The minimum Gasteiger partial charge on any atom is -0.303 e. The lowest BCUT2D eigenvalue weighted by Gasteiger charge is -2.29. The third-order valence-corrected chi connectivity index (χ3v) is 2.14. The summed E-state index contributed by atoms with van der Waals surface area (Å²) in [6.07, 6.45) is 2.89. The van der Waals surface area contributed by atoms with Crippen LogP contribution < -0.4 is 0 Å². The molecule has 0 aliphatic rings. The van der Waals surface area contributed by atoms with Crippen LogP contribution in [0.1, 0.15) is 27.7 Å². The van der Waals surface area contributed by atoms with Crippen molar-refractivity contribution < 1.29 is 4.79 Å². The molecule has 1 nitrogen and oxygen atoms in total. The van der Waals surface area contributed by atoms with Crippen LogP contribution in [-0.4, -0.2) is 6.29 Å². The Morgan fingerprint density at radius 3 is 1.91 bits per heavy atom. The zero-order valence-electron chi connectivity index (χ0n) is 7.92. The standard InChI is InChI=1S/C10H18O/c1-6-9(8(2)3)10(4,5)7-11/h6-9H,1H2,2-5H3. The maximum absolute atomic E-state index is 10.7. The Morgan fingerprint density at radius 1 is 1.36 bits per heavy atom. The molecule has 1 atom stereocenters. The third-order valence-electron chi connectivity index (χ3n) is 2.14. The second-order valence-electron chi connectivity index (χ2n) is 3.94. The van der Waals surface area contributed by atoms with Crippen molar-refractivity contribution >= 4 is 6.29 Å². The first-order chi connectivity index (χ1) is 4.95. The Balaban J connectivity index is 4.48. The molecule has 0 aromatic rings. The molecule has 0 aliphatic heterocycles. The SMILES string of the molecule is C=CC(C(C)C)C(C)(C)C=O. The number of aldehydes is 1. The van der Waals surface area contributed by atoms with Gasteiger partial charge in [0.15, 0.2) is 0 Å². The van der Waals surface area contributed by atoms with Crippen LogP contribution >= 0.6 is 0 Å². The van der Waals surface area contributed by atoms with Crippen LogP contribution in [0.15, 0.2) is 12.7 Å². The first-order valence-corrected chi connectivity index (χ1v) is 4.04. The Morgan fingerprint density at radius 2 is 1.82 bits per heavy atom. The average molecular weight is 154 g/mol. The minimum atomic E-state index is -0.268. The summed E-state index contributed by atoms with van der Waals surface area (Å²) in [6.45, 7) is 11.9. The lowest BCUT2D eigenvalue weighted by molar-refractivity contribution is -0.117. The normalized spacial score (nSPS) is 14.6. The molecule has 64 valence electrons. The molecule has 0 bridgehead atoms. The summed E-state index contributed by atoms with van der Waals surface area (Å²) in [5, 5.41) is 0. The maximum Gasteiger partial charge on any atom is 0.126 e. The molecule has 1 heteroatoms. The summed E-state index contributed by atoms with van der Waals surface area (Å²) in [7, 11) is 0. The zero-order valence-corrected chi connectivity index (χ0v) is 7.92. The van der Waals surface area contributed by atoms with Gasteiger partial charge in [0.25, 0.3) is 0 Å². The second kappa shape index (κ2) is 3.70. The molecule has 0 aromatic carbocycles. The number of allylic oxidation sites excluding steroid dienone is 1. The molecule has 1 unspecified atom stereocenters. The highest BCUT2D eigenvalue weighted by Crippen LogP contribution is 2.31. The number of carbonyl (C=O) groups excluding carboxylic acids is 1. The van der Waals surface area contributed by atoms with Gasteiger partial charge in [0, 0.05) is 5.41 Å². The summed E-state index contributed by atoms with van der Waals surface area (Å²) in [5.74, 6) is 0.757. The number of hydrogen-bond donors (Lipinski definition) is 0. The van der Waals surface area contributed by atoms with Gasteiger partial charge in [0.05, 0.1) is 0 Å². The van der Waals surface area contributed by atoms with Crippen LogP contribution in [0.5, 0.6) is 0 Å². The van der Waals surface area contributed by atoms with E-state index in [1.165, 1.54) is 0 Å². The van der Waals surface area contributed by atoms with E-state index in [9.17, 15) is 4.79 Å². The number of carbonyl (C=O) groups is 1. The molecule has 0 amide bonds. The molecule has 0 heterocycles. The molecule has 11 heavy (non-hydrogen) atoms. The van der Waals surface area contributed by atoms with Gasteiger partial charge in [-0.2, -0.15) is 0 Å². The monoisotopic (exact) mass is 154 g/mol. The molecule has 0 N–H and O–H groups in total. The topological polar surface area (TPSA) is 17.1 Å². The molecule has 0 rings (SSSR count). The fourth-order valence-corrected chi connectivity index (χ4v) is 1.51. The van der Waals surface area contributed by atoms with Crippen LogP contribution in [0.3, 0.4) is 0 Å². The predicted octanol–water partition coefficient (Wildman–Crippen LogP) is 2.67. The van der Waals surface area contributed by atoms with Gasteiger partial charge in [0.1, 0.15) is 6.29 Å². The summed E-state index contributed by atoms with van der Waals surface area (Å²) in [5.41, 5.74) is -0.268. The van der Waals surface area contributed by atoms with Crippen molar-refractivity contribution in [2.75, 3.05) is 0 Å². The maximum atomic E-state index is 10.7. The molecular weight excluding hydrogens is 136 g/mol. The van der Waals surface area contributed by atoms with Crippen LogP contribution in [0.4, 0.5) is 0 Å². The minimum absolute atomic E-state index is 0.268. The summed E-state index contributed by atoms with van der Waals surface area (Å²) < 4.78 is 0. The molecule has 0 fully saturated rings. The van der Waals surface area contributed by atoms with Gasteiger partial charge in [-0.25, -0.2) is 0 Å². The van der Waals surface area contributed by atoms with Gasteiger partial charge in [-0.3, -0.25) is 0 Å². The molecular formula is C10H18O. The summed E-state index contributed by atoms with van der Waals surface area (Å²) in [6, 6.07) is 0. The Kier molecular flexibility index (Phi) is 3.50. The van der Waals surface area contributed by atoms with Gasteiger partial charge >= 0.3 is 0 Å². The molecule has 0 spiro atoms. The van der Waals surface area contributed by atoms with E-state index in [2.05, 4.69) is 20.4 Å². The van der Waals surface area contributed by atoms with E-state index in [1.54, 1.807) is 0 Å². The van der Waals surface area contributed by atoms with Crippen molar-refractivity contribution in [3.63, 3.8) is 0 Å². The van der Waals surface area contributed by atoms with Crippen molar-refractivity contribution in [2.24, 2.45) is 17.3 Å². The van der Waals surface area contributed by atoms with E-state index in [0.717, 1.165) is 6.29 Å². The predicted molar refractivity (Wildman–Crippen MR) is 48.4 cm³/mol. The fraction of sp³-hybridized carbons (Fsp3) is 0.700. The second-order valence-corrected chi connectivity index (χ2v) is 3.94. The van der Waals surface area contributed by atoms with Crippen LogP contribution in [-0.2, 0) is 4.79 Å². The molecule has 0 aromatic heterocycles. The van der Waals surface area contributed by atoms with Gasteiger partial charge in [-0.15, -0.1) is 6.58 Å². The van der Waals surface area contributed by atoms with Crippen molar-refractivity contribution in [1.82, 2.24) is 0 Å². The van der Waals surface area contributed by atoms with Gasteiger partial charge < -0.3 is 4.79 Å². The number of hydrogen-bond acceptors (Lipinski definition) is 1. The van der Waals surface area contributed by atoms with Gasteiger partial charge in [-0.1, -0.05) is 33.8 Å². The summed E-state index contributed by atoms with van der Waals surface area (Å²) in [4.78, 5) is 10.7. The van der Waals surface area contributed by atoms with E-state index in [4.69, 9.17) is 0 Å². The zero-order chi connectivity index (χ0) is 9.07. The highest BCUT2D eigenvalue weighted by molar-refractivity contribution is 5.59. The van der Waals surface area contributed by atoms with Crippen LogP contribution in [0.2, 0.25) is 0 Å². The van der Waals surface area contributed by atoms with E-state index in [-0.39, 0.29) is 11.3 Å². The lowest BCUT2D eigenvalue weighted by Crippen LogP contribution is -2.27. The largest absolute Gasteiger partial charge is 0.303 e. The van der Waals surface area contributed by atoms with Crippen molar-refractivity contribution in [1.29, 1.82) is 0 Å². The van der Waals surface area contributed by atoms with E-state index in [1.807, 2.05) is 19.9 Å². The first-order valence-electron chi connectivity index (χ1n) is 4.04. The molecule has 0 radical (unpaired) electrons. The smallest absolute Gasteiger partial charge is 0.126 e. The summed E-state index contributed by atoms with van der Waals surface area (Å²) >= 11 is 0. The highest BCUT2D eigenvalue weighted by atomic mass is 16.1. The van der Waals surface area contributed by atoms with Gasteiger partial charge in [-0.05, 0) is 11.8 Å². The molecule has 0 saturated heterocycles. The molecule has 0 aliphatic carbocycles. The van der Waals surface area contributed by atoms with Crippen molar-refractivity contribution in [2.45, 2.75) is 27.7 Å².